The van der Waals surface area contributed by atoms with Crippen molar-refractivity contribution in [2.75, 3.05) is 4.90 Å². The van der Waals surface area contributed by atoms with E-state index < -0.39 is 17.2 Å². The summed E-state index contributed by atoms with van der Waals surface area (Å²) < 4.78 is 38.8. The van der Waals surface area contributed by atoms with Crippen LogP contribution in [0.25, 0.3) is 5.69 Å². The lowest BCUT2D eigenvalue weighted by Gasteiger charge is -2.23. The van der Waals surface area contributed by atoms with Crippen LogP contribution in [0.2, 0.25) is 5.02 Å². The summed E-state index contributed by atoms with van der Waals surface area (Å²) in [5.74, 6) is -0.403. The van der Waals surface area contributed by atoms with E-state index in [0.29, 0.717) is 36.4 Å². The molecule has 0 saturated heterocycles. The van der Waals surface area contributed by atoms with Crippen LogP contribution in [0, 0.1) is 11.6 Å². The van der Waals surface area contributed by atoms with Gasteiger partial charge in [-0.3, -0.25) is 4.79 Å². The maximum atomic E-state index is 14.1. The van der Waals surface area contributed by atoms with Crippen LogP contribution in [0.15, 0.2) is 74.8 Å². The van der Waals surface area contributed by atoms with Crippen LogP contribution in [0.3, 0.4) is 0 Å². The monoisotopic (exact) mass is 417 g/mol. The SMILES string of the molecule is O=c1c(Cl)c(N(Cc2ccco2)Cc2ccco2)cnn1-c1ccc(F)cc1F. The number of hydrogen-bond acceptors (Lipinski definition) is 5. The molecule has 148 valence electrons. The minimum absolute atomic E-state index is 0.165. The summed E-state index contributed by atoms with van der Waals surface area (Å²) in [5, 5.41) is 3.87. The molecule has 0 aliphatic carbocycles. The first-order valence-electron chi connectivity index (χ1n) is 8.56. The molecule has 4 rings (SSSR count). The molecule has 3 heterocycles. The smallest absolute Gasteiger partial charge is 0.292 e. The van der Waals surface area contributed by atoms with Crippen LogP contribution >= 0.6 is 11.6 Å². The summed E-state index contributed by atoms with van der Waals surface area (Å²) in [4.78, 5) is 14.5. The highest BCUT2D eigenvalue weighted by Crippen LogP contribution is 2.26. The van der Waals surface area contributed by atoms with Crippen molar-refractivity contribution in [3.05, 3.63) is 99.7 Å². The summed E-state index contributed by atoms with van der Waals surface area (Å²) in [7, 11) is 0. The van der Waals surface area contributed by atoms with Crippen molar-refractivity contribution in [3.63, 3.8) is 0 Å². The summed E-state index contributed by atoms with van der Waals surface area (Å²) in [5.41, 5.74) is -0.615. The first-order chi connectivity index (χ1) is 14.0. The van der Waals surface area contributed by atoms with Gasteiger partial charge in [0.15, 0.2) is 5.82 Å². The fourth-order valence-electron chi connectivity index (χ4n) is 2.88. The van der Waals surface area contributed by atoms with Crippen molar-refractivity contribution in [1.82, 2.24) is 9.78 Å². The molecular formula is C20H14ClF2N3O3. The van der Waals surface area contributed by atoms with E-state index in [1.165, 1.54) is 18.7 Å². The van der Waals surface area contributed by atoms with Crippen LogP contribution < -0.4 is 10.5 Å². The molecular weight excluding hydrogens is 404 g/mol. The van der Waals surface area contributed by atoms with E-state index in [9.17, 15) is 13.6 Å². The molecule has 0 fully saturated rings. The number of anilines is 1. The van der Waals surface area contributed by atoms with Crippen LogP contribution in [-0.4, -0.2) is 9.78 Å². The standard InChI is InChI=1S/C20H14ClF2N3O3/c21-19-18(10-24-26(20(19)27)17-6-5-13(22)9-16(17)23)25(11-14-3-1-7-28-14)12-15-4-2-8-29-15/h1-10H,11-12H2. The van der Waals surface area contributed by atoms with Gasteiger partial charge >= 0.3 is 0 Å². The quantitative estimate of drug-likeness (QED) is 0.460. The van der Waals surface area contributed by atoms with Gasteiger partial charge in [0.05, 0.1) is 37.5 Å². The number of rotatable bonds is 6. The summed E-state index contributed by atoms with van der Waals surface area (Å²) >= 11 is 6.33. The zero-order valence-corrected chi connectivity index (χ0v) is 15.6. The lowest BCUT2D eigenvalue weighted by atomic mass is 10.3. The van der Waals surface area contributed by atoms with Crippen molar-refractivity contribution in [2.45, 2.75) is 13.1 Å². The predicted molar refractivity (Wildman–Crippen MR) is 102 cm³/mol. The molecule has 0 unspecified atom stereocenters. The van der Waals surface area contributed by atoms with E-state index in [2.05, 4.69) is 5.10 Å². The van der Waals surface area contributed by atoms with Gasteiger partial charge in [-0.05, 0) is 36.4 Å². The van der Waals surface area contributed by atoms with Gasteiger partial charge in [-0.25, -0.2) is 8.78 Å². The normalized spacial score (nSPS) is 11.0. The lowest BCUT2D eigenvalue weighted by molar-refractivity contribution is 0.476. The van der Waals surface area contributed by atoms with Crippen molar-refractivity contribution < 1.29 is 17.6 Å². The Balaban J connectivity index is 1.74. The second-order valence-corrected chi connectivity index (χ2v) is 6.55. The minimum atomic E-state index is -0.925. The molecule has 4 aromatic rings. The second kappa shape index (κ2) is 7.92. The number of nitrogens with zero attached hydrogens (tertiary/aromatic N) is 3. The largest absolute Gasteiger partial charge is 0.467 e. The zero-order valence-electron chi connectivity index (χ0n) is 14.9. The van der Waals surface area contributed by atoms with Crippen molar-refractivity contribution in [1.29, 1.82) is 0 Å². The first-order valence-corrected chi connectivity index (χ1v) is 8.93. The van der Waals surface area contributed by atoms with E-state index >= 15 is 0 Å². The Morgan fingerprint density at radius 2 is 1.69 bits per heavy atom. The predicted octanol–water partition coefficient (Wildman–Crippen LogP) is 4.56. The average molecular weight is 418 g/mol. The van der Waals surface area contributed by atoms with Crippen LogP contribution in [0.5, 0.6) is 0 Å². The van der Waals surface area contributed by atoms with Crippen LogP contribution in [-0.2, 0) is 13.1 Å². The summed E-state index contributed by atoms with van der Waals surface area (Å²) in [6, 6.07) is 9.89. The van der Waals surface area contributed by atoms with Crippen LogP contribution in [0.1, 0.15) is 11.5 Å². The molecule has 6 nitrogen and oxygen atoms in total. The van der Waals surface area contributed by atoms with E-state index in [1.807, 2.05) is 0 Å². The topological polar surface area (TPSA) is 64.4 Å². The number of hydrogen-bond donors (Lipinski definition) is 0. The van der Waals surface area contributed by atoms with Crippen LogP contribution in [0.4, 0.5) is 14.5 Å². The van der Waals surface area contributed by atoms with E-state index in [0.717, 1.165) is 16.8 Å². The summed E-state index contributed by atoms with van der Waals surface area (Å²) in [6.45, 7) is 0.590. The number of furan rings is 2. The Morgan fingerprint density at radius 1 is 1.03 bits per heavy atom. The third-order valence-corrected chi connectivity index (χ3v) is 4.59. The molecule has 29 heavy (non-hydrogen) atoms. The van der Waals surface area contributed by atoms with Gasteiger partial charge in [-0.2, -0.15) is 9.78 Å². The van der Waals surface area contributed by atoms with Gasteiger partial charge < -0.3 is 13.7 Å². The molecule has 9 heteroatoms. The van der Waals surface area contributed by atoms with Gasteiger partial charge in [0.1, 0.15) is 28.0 Å². The second-order valence-electron chi connectivity index (χ2n) is 6.17. The van der Waals surface area contributed by atoms with Gasteiger partial charge in [0, 0.05) is 6.07 Å². The molecule has 0 aliphatic rings. The third kappa shape index (κ3) is 3.93. The molecule has 0 N–H and O–H groups in total. The lowest BCUT2D eigenvalue weighted by Crippen LogP contribution is -2.28. The maximum absolute atomic E-state index is 14.1. The molecule has 0 spiro atoms. The van der Waals surface area contributed by atoms with Gasteiger partial charge in [0.25, 0.3) is 5.56 Å². The van der Waals surface area contributed by atoms with Crippen molar-refractivity contribution in [2.24, 2.45) is 0 Å². The summed E-state index contributed by atoms with van der Waals surface area (Å²) in [6.07, 6.45) is 4.42. The fourth-order valence-corrected chi connectivity index (χ4v) is 3.13. The Hall–Kier alpha value is -3.39. The Morgan fingerprint density at radius 3 is 2.24 bits per heavy atom. The third-order valence-electron chi connectivity index (χ3n) is 4.23. The highest BCUT2D eigenvalue weighted by Gasteiger charge is 2.20. The molecule has 0 atom stereocenters. The Bertz CT molecular complexity index is 1140. The van der Waals surface area contributed by atoms with Gasteiger partial charge in [0.2, 0.25) is 0 Å². The van der Waals surface area contributed by atoms with Crippen molar-refractivity contribution >= 4 is 17.3 Å². The average Bonchev–Trinajstić information content (AvgIpc) is 3.38. The number of benzene rings is 1. The molecule has 0 bridgehead atoms. The minimum Gasteiger partial charge on any atom is -0.467 e. The highest BCUT2D eigenvalue weighted by atomic mass is 35.5. The molecule has 3 aromatic heterocycles. The molecule has 0 saturated carbocycles. The zero-order chi connectivity index (χ0) is 20.4. The van der Waals surface area contributed by atoms with E-state index in [-0.39, 0.29) is 10.7 Å². The molecule has 0 radical (unpaired) electrons. The van der Waals surface area contributed by atoms with E-state index in [4.69, 9.17) is 20.4 Å². The highest BCUT2D eigenvalue weighted by molar-refractivity contribution is 6.33. The number of halogens is 3. The van der Waals surface area contributed by atoms with Gasteiger partial charge in [-0.15, -0.1) is 0 Å². The molecule has 1 aromatic carbocycles. The molecule has 0 aliphatic heterocycles. The van der Waals surface area contributed by atoms with Crippen molar-refractivity contribution in [3.8, 4) is 5.69 Å². The van der Waals surface area contributed by atoms with E-state index in [1.54, 1.807) is 29.2 Å². The number of aromatic nitrogens is 2. The Labute approximate surface area is 168 Å². The Kier molecular flexibility index (Phi) is 5.18. The maximum Gasteiger partial charge on any atom is 0.292 e. The first kappa shape index (κ1) is 18.9. The molecule has 0 amide bonds. The fraction of sp³-hybridized carbons (Fsp3) is 0.100. The van der Waals surface area contributed by atoms with Gasteiger partial charge in [-0.1, -0.05) is 11.6 Å².